The fraction of sp³-hybridized carbons (Fsp3) is 0.538. The van der Waals surface area contributed by atoms with E-state index in [0.29, 0.717) is 17.7 Å². The number of hydrogen-bond acceptors (Lipinski definition) is 4. The summed E-state index contributed by atoms with van der Waals surface area (Å²) in [6, 6.07) is 3.45. The molecule has 7 heteroatoms. The Bertz CT molecular complexity index is 500. The molecule has 0 aliphatic carbocycles. The van der Waals surface area contributed by atoms with Crippen molar-refractivity contribution >= 4 is 7.60 Å². The summed E-state index contributed by atoms with van der Waals surface area (Å²) in [4.78, 5) is 19.8. The Labute approximate surface area is 118 Å². The van der Waals surface area contributed by atoms with Gasteiger partial charge in [-0.05, 0) is 19.9 Å². The third-order valence-corrected chi connectivity index (χ3v) is 3.67. The highest BCUT2D eigenvalue weighted by Crippen LogP contribution is 2.36. The number of aliphatic hydroxyl groups excluding tert-OH is 1. The fourth-order valence-electron chi connectivity index (χ4n) is 2.19. The summed E-state index contributed by atoms with van der Waals surface area (Å²) in [5.74, 6) is -0.00934. The first-order valence-electron chi connectivity index (χ1n) is 6.46. The van der Waals surface area contributed by atoms with Crippen LogP contribution in [0.1, 0.15) is 30.0 Å². The molecule has 0 radical (unpaired) electrons. The molecule has 0 spiro atoms. The largest absolute Gasteiger partial charge is 0.507 e. The van der Waals surface area contributed by atoms with Crippen molar-refractivity contribution in [1.82, 2.24) is 4.90 Å². The summed E-state index contributed by atoms with van der Waals surface area (Å²) in [6.45, 7) is 4.25. The number of rotatable bonds is 7. The van der Waals surface area contributed by atoms with Crippen molar-refractivity contribution < 1.29 is 24.6 Å². The van der Waals surface area contributed by atoms with Crippen molar-refractivity contribution in [1.29, 1.82) is 0 Å². The molecule has 6 nitrogen and oxygen atoms in total. The standard InChI is InChI=1S/C13H22NO5P/c1-3-4-14(9-20(17,18)19)7-11-5-10(2)6-12(8-15)13(11)16/h5-6,15-16H,3-4,7-9H2,1-2H3,(H2,17,18,19). The monoisotopic (exact) mass is 303 g/mol. The van der Waals surface area contributed by atoms with E-state index < -0.39 is 7.60 Å². The van der Waals surface area contributed by atoms with Crippen LogP contribution in [0.5, 0.6) is 5.75 Å². The van der Waals surface area contributed by atoms with E-state index in [0.717, 1.165) is 12.0 Å². The summed E-state index contributed by atoms with van der Waals surface area (Å²) in [5.41, 5.74) is 1.87. The normalized spacial score (nSPS) is 12.1. The van der Waals surface area contributed by atoms with Crippen molar-refractivity contribution in [3.8, 4) is 5.75 Å². The van der Waals surface area contributed by atoms with Crippen molar-refractivity contribution in [2.45, 2.75) is 33.4 Å². The SMILES string of the molecule is CCCN(Cc1cc(C)cc(CO)c1O)CP(=O)(O)O. The van der Waals surface area contributed by atoms with E-state index in [2.05, 4.69) is 0 Å². The zero-order valence-electron chi connectivity index (χ0n) is 11.8. The molecule has 0 aliphatic rings. The molecule has 0 saturated carbocycles. The van der Waals surface area contributed by atoms with Crippen molar-refractivity contribution in [2.75, 3.05) is 12.8 Å². The third kappa shape index (κ3) is 5.23. The highest BCUT2D eigenvalue weighted by Gasteiger charge is 2.20. The van der Waals surface area contributed by atoms with Crippen LogP contribution in [-0.4, -0.2) is 37.7 Å². The maximum absolute atomic E-state index is 11.1. The van der Waals surface area contributed by atoms with Gasteiger partial charge in [-0.25, -0.2) is 0 Å². The molecule has 0 atom stereocenters. The first-order chi connectivity index (χ1) is 9.26. The summed E-state index contributed by atoms with van der Waals surface area (Å²) in [6.07, 6.45) is 0.405. The van der Waals surface area contributed by atoms with E-state index >= 15 is 0 Å². The lowest BCUT2D eigenvalue weighted by Crippen LogP contribution is -2.25. The number of aromatic hydroxyl groups is 1. The minimum absolute atomic E-state index is 0.00934. The number of benzene rings is 1. The van der Waals surface area contributed by atoms with Crippen LogP contribution in [0.4, 0.5) is 0 Å². The summed E-state index contributed by atoms with van der Waals surface area (Å²) in [7, 11) is -4.14. The van der Waals surface area contributed by atoms with Crippen LogP contribution in [0.25, 0.3) is 0 Å². The lowest BCUT2D eigenvalue weighted by molar-refractivity contribution is 0.261. The van der Waals surface area contributed by atoms with Gasteiger partial charge in [0.15, 0.2) is 0 Å². The van der Waals surface area contributed by atoms with Crippen LogP contribution in [0, 0.1) is 6.92 Å². The highest BCUT2D eigenvalue weighted by atomic mass is 31.2. The Hall–Kier alpha value is -0.910. The van der Waals surface area contributed by atoms with Gasteiger partial charge in [0.1, 0.15) is 12.0 Å². The molecule has 1 aromatic rings. The molecule has 114 valence electrons. The molecular formula is C13H22NO5P. The van der Waals surface area contributed by atoms with Gasteiger partial charge in [0, 0.05) is 17.7 Å². The van der Waals surface area contributed by atoms with Gasteiger partial charge in [-0.3, -0.25) is 9.46 Å². The van der Waals surface area contributed by atoms with Gasteiger partial charge in [-0.2, -0.15) is 0 Å². The molecule has 0 aromatic heterocycles. The first kappa shape index (κ1) is 17.1. The van der Waals surface area contributed by atoms with E-state index in [-0.39, 0.29) is 25.2 Å². The molecule has 4 N–H and O–H groups in total. The smallest absolute Gasteiger partial charge is 0.339 e. The Morgan fingerprint density at radius 2 is 1.85 bits per heavy atom. The summed E-state index contributed by atoms with van der Waals surface area (Å²) < 4.78 is 11.1. The maximum Gasteiger partial charge on any atom is 0.339 e. The van der Waals surface area contributed by atoms with Gasteiger partial charge in [0.25, 0.3) is 0 Å². The van der Waals surface area contributed by atoms with Gasteiger partial charge >= 0.3 is 7.60 Å². The van der Waals surface area contributed by atoms with Crippen LogP contribution < -0.4 is 0 Å². The summed E-state index contributed by atoms with van der Waals surface area (Å²) in [5, 5.41) is 19.2. The van der Waals surface area contributed by atoms with Crippen molar-refractivity contribution in [3.63, 3.8) is 0 Å². The molecule has 0 bridgehead atoms. The van der Waals surface area contributed by atoms with Gasteiger partial charge < -0.3 is 20.0 Å². The molecule has 1 rings (SSSR count). The van der Waals surface area contributed by atoms with Crippen LogP contribution in [0.3, 0.4) is 0 Å². The third-order valence-electron chi connectivity index (χ3n) is 2.90. The minimum atomic E-state index is -4.14. The van der Waals surface area contributed by atoms with Gasteiger partial charge in [0.2, 0.25) is 0 Å². The molecule has 0 unspecified atom stereocenters. The van der Waals surface area contributed by atoms with Gasteiger partial charge in [-0.15, -0.1) is 0 Å². The number of aryl methyl sites for hydroxylation is 1. The number of aliphatic hydroxyl groups is 1. The van der Waals surface area contributed by atoms with Gasteiger partial charge in [-0.1, -0.05) is 24.6 Å². The van der Waals surface area contributed by atoms with Gasteiger partial charge in [0.05, 0.1) is 6.61 Å². The minimum Gasteiger partial charge on any atom is -0.507 e. The van der Waals surface area contributed by atoms with E-state index in [1.165, 1.54) is 0 Å². The quantitative estimate of drug-likeness (QED) is 0.570. The van der Waals surface area contributed by atoms with E-state index in [1.54, 1.807) is 17.0 Å². The average molecular weight is 303 g/mol. The maximum atomic E-state index is 11.1. The lowest BCUT2D eigenvalue weighted by Gasteiger charge is -2.23. The second-order valence-electron chi connectivity index (χ2n) is 4.95. The molecule has 20 heavy (non-hydrogen) atoms. The van der Waals surface area contributed by atoms with Crippen LogP contribution in [-0.2, 0) is 17.7 Å². The topological polar surface area (TPSA) is 101 Å². The summed E-state index contributed by atoms with van der Waals surface area (Å²) >= 11 is 0. The van der Waals surface area contributed by atoms with E-state index in [1.807, 2.05) is 13.8 Å². The van der Waals surface area contributed by atoms with E-state index in [4.69, 9.17) is 9.79 Å². The Balaban J connectivity index is 2.98. The highest BCUT2D eigenvalue weighted by molar-refractivity contribution is 7.51. The molecule has 0 saturated heterocycles. The molecule has 0 fully saturated rings. The number of phenols is 1. The van der Waals surface area contributed by atoms with E-state index in [9.17, 15) is 14.8 Å². The Morgan fingerprint density at radius 3 is 2.35 bits per heavy atom. The zero-order chi connectivity index (χ0) is 15.3. The molecular weight excluding hydrogens is 281 g/mol. The molecule has 1 aromatic carbocycles. The van der Waals surface area contributed by atoms with Crippen LogP contribution >= 0.6 is 7.60 Å². The number of hydrogen-bond donors (Lipinski definition) is 4. The molecule has 0 heterocycles. The predicted molar refractivity (Wildman–Crippen MR) is 76.4 cm³/mol. The molecule has 0 amide bonds. The zero-order valence-corrected chi connectivity index (χ0v) is 12.7. The lowest BCUT2D eigenvalue weighted by atomic mass is 10.0. The van der Waals surface area contributed by atoms with Crippen molar-refractivity contribution in [3.05, 3.63) is 28.8 Å². The van der Waals surface area contributed by atoms with Crippen molar-refractivity contribution in [2.24, 2.45) is 0 Å². The van der Waals surface area contributed by atoms with Crippen LogP contribution in [0.15, 0.2) is 12.1 Å². The predicted octanol–water partition coefficient (Wildman–Crippen LogP) is 1.54. The Kier molecular flexibility index (Phi) is 6.17. The van der Waals surface area contributed by atoms with Crippen LogP contribution in [0.2, 0.25) is 0 Å². The fourth-order valence-corrected chi connectivity index (χ4v) is 2.96. The second kappa shape index (κ2) is 7.20. The Morgan fingerprint density at radius 1 is 1.25 bits per heavy atom. The molecule has 0 aliphatic heterocycles. The average Bonchev–Trinajstić information content (AvgIpc) is 2.31. The second-order valence-corrected chi connectivity index (χ2v) is 6.56. The number of nitrogens with zero attached hydrogens (tertiary/aromatic N) is 1. The first-order valence-corrected chi connectivity index (χ1v) is 8.25.